The molecule has 0 radical (unpaired) electrons. The van der Waals surface area contributed by atoms with Gasteiger partial charge in [0.2, 0.25) is 0 Å². The van der Waals surface area contributed by atoms with Crippen molar-refractivity contribution in [2.75, 3.05) is 5.43 Å². The minimum absolute atomic E-state index is 0.0947. The van der Waals surface area contributed by atoms with Gasteiger partial charge < -0.3 is 4.74 Å². The highest BCUT2D eigenvalue weighted by atomic mass is 19.3. The number of nitrogens with zero attached hydrogens (tertiary/aromatic N) is 1. The van der Waals surface area contributed by atoms with Crippen LogP contribution < -0.4 is 10.2 Å². The summed E-state index contributed by atoms with van der Waals surface area (Å²) < 4.78 is 28.9. The van der Waals surface area contributed by atoms with Crippen LogP contribution in [0.4, 0.5) is 14.5 Å². The molecule has 0 aliphatic heterocycles. The van der Waals surface area contributed by atoms with Gasteiger partial charge in [0.1, 0.15) is 5.75 Å². The third-order valence-corrected chi connectivity index (χ3v) is 2.55. The Balaban J connectivity index is 2.08. The molecule has 3 nitrogen and oxygen atoms in total. The van der Waals surface area contributed by atoms with Gasteiger partial charge in [-0.25, -0.2) is 0 Å². The van der Waals surface area contributed by atoms with Crippen LogP contribution in [0.2, 0.25) is 0 Å². The molecule has 0 amide bonds. The molecule has 0 aliphatic carbocycles. The third kappa shape index (κ3) is 4.05. The number of hydrogen-bond acceptors (Lipinski definition) is 3. The highest BCUT2D eigenvalue weighted by molar-refractivity contribution is 5.84. The Hall–Kier alpha value is -2.43. The number of halogens is 2. The molecule has 104 valence electrons. The van der Waals surface area contributed by atoms with Crippen LogP contribution in [0.5, 0.6) is 5.75 Å². The van der Waals surface area contributed by atoms with Gasteiger partial charge in [0.25, 0.3) is 0 Å². The number of para-hydroxylation sites is 1. The van der Waals surface area contributed by atoms with Gasteiger partial charge in [-0.3, -0.25) is 5.43 Å². The molecule has 0 aliphatic rings. The number of anilines is 1. The number of aryl methyl sites for hydroxylation is 1. The van der Waals surface area contributed by atoms with Crippen molar-refractivity contribution in [3.05, 3.63) is 59.7 Å². The van der Waals surface area contributed by atoms with Gasteiger partial charge in [-0.2, -0.15) is 13.9 Å². The second kappa shape index (κ2) is 6.65. The van der Waals surface area contributed by atoms with Crippen molar-refractivity contribution in [2.45, 2.75) is 13.5 Å². The van der Waals surface area contributed by atoms with E-state index >= 15 is 0 Å². The Morgan fingerprint density at radius 2 is 1.95 bits per heavy atom. The molecule has 2 rings (SSSR count). The molecule has 0 atom stereocenters. The first kappa shape index (κ1) is 14.0. The topological polar surface area (TPSA) is 33.6 Å². The van der Waals surface area contributed by atoms with E-state index in [9.17, 15) is 8.78 Å². The largest absolute Gasteiger partial charge is 0.434 e. The van der Waals surface area contributed by atoms with Crippen molar-refractivity contribution in [3.63, 3.8) is 0 Å². The molecular weight excluding hydrogens is 262 g/mol. The lowest BCUT2D eigenvalue weighted by Crippen LogP contribution is -2.04. The molecule has 0 fully saturated rings. The van der Waals surface area contributed by atoms with Crippen LogP contribution in [0.15, 0.2) is 53.6 Å². The average Bonchev–Trinajstić information content (AvgIpc) is 2.40. The monoisotopic (exact) mass is 276 g/mol. The molecule has 0 saturated carbocycles. The summed E-state index contributed by atoms with van der Waals surface area (Å²) in [5.74, 6) is 0.0947. The van der Waals surface area contributed by atoms with E-state index in [1.165, 1.54) is 12.3 Å². The highest BCUT2D eigenvalue weighted by Crippen LogP contribution is 2.18. The maximum Gasteiger partial charge on any atom is 0.387 e. The maximum absolute atomic E-state index is 12.2. The van der Waals surface area contributed by atoms with Crippen LogP contribution in [0.1, 0.15) is 11.1 Å². The van der Waals surface area contributed by atoms with Gasteiger partial charge in [-0.05, 0) is 36.8 Å². The first-order valence-electron chi connectivity index (χ1n) is 6.05. The van der Waals surface area contributed by atoms with Gasteiger partial charge in [-0.15, -0.1) is 0 Å². The summed E-state index contributed by atoms with van der Waals surface area (Å²) in [6.45, 7) is -0.880. The predicted octanol–water partition coefficient (Wildman–Crippen LogP) is 4.04. The van der Waals surface area contributed by atoms with Crippen LogP contribution in [-0.2, 0) is 0 Å². The number of rotatable bonds is 5. The summed E-state index contributed by atoms with van der Waals surface area (Å²) in [5.41, 5.74) is 5.25. The van der Waals surface area contributed by atoms with Crippen LogP contribution in [-0.4, -0.2) is 12.8 Å². The van der Waals surface area contributed by atoms with Crippen LogP contribution in [0.25, 0.3) is 0 Å². The minimum atomic E-state index is -2.85. The predicted molar refractivity (Wildman–Crippen MR) is 75.5 cm³/mol. The van der Waals surface area contributed by atoms with E-state index in [4.69, 9.17) is 0 Å². The van der Waals surface area contributed by atoms with Gasteiger partial charge in [0.15, 0.2) is 0 Å². The van der Waals surface area contributed by atoms with E-state index in [1.54, 1.807) is 18.2 Å². The summed E-state index contributed by atoms with van der Waals surface area (Å²) in [6, 6.07) is 14.2. The molecule has 0 spiro atoms. The van der Waals surface area contributed by atoms with E-state index in [1.807, 2.05) is 31.2 Å². The number of benzene rings is 2. The van der Waals surface area contributed by atoms with Crippen LogP contribution in [0.3, 0.4) is 0 Å². The fourth-order valence-electron chi connectivity index (χ4n) is 1.68. The minimum Gasteiger partial charge on any atom is -0.434 e. The molecule has 20 heavy (non-hydrogen) atoms. The Bertz CT molecular complexity index is 600. The van der Waals surface area contributed by atoms with Crippen molar-refractivity contribution in [2.24, 2.45) is 5.10 Å². The fraction of sp³-hybridized carbons (Fsp3) is 0.133. The Morgan fingerprint density at radius 1 is 1.15 bits per heavy atom. The van der Waals surface area contributed by atoms with Crippen molar-refractivity contribution in [3.8, 4) is 5.75 Å². The maximum atomic E-state index is 12.2. The zero-order valence-electron chi connectivity index (χ0n) is 10.9. The van der Waals surface area contributed by atoms with Gasteiger partial charge in [0.05, 0.1) is 11.9 Å². The van der Waals surface area contributed by atoms with Gasteiger partial charge in [-0.1, -0.05) is 24.3 Å². The SMILES string of the molecule is Cc1cccc(N/N=C\c2ccccc2OC(F)F)c1. The third-order valence-electron chi connectivity index (χ3n) is 2.55. The fourth-order valence-corrected chi connectivity index (χ4v) is 1.68. The van der Waals surface area contributed by atoms with E-state index in [2.05, 4.69) is 15.3 Å². The average molecular weight is 276 g/mol. The number of hydrazone groups is 1. The van der Waals surface area contributed by atoms with Gasteiger partial charge in [0, 0.05) is 5.56 Å². The number of hydrogen-bond donors (Lipinski definition) is 1. The second-order valence-corrected chi connectivity index (χ2v) is 4.16. The lowest BCUT2D eigenvalue weighted by atomic mass is 10.2. The Kier molecular flexibility index (Phi) is 4.65. The zero-order chi connectivity index (χ0) is 14.4. The first-order valence-corrected chi connectivity index (χ1v) is 6.05. The van der Waals surface area contributed by atoms with Crippen molar-refractivity contribution < 1.29 is 13.5 Å². The number of alkyl halides is 2. The first-order chi connectivity index (χ1) is 9.65. The normalized spacial score (nSPS) is 11.0. The van der Waals surface area contributed by atoms with E-state index in [0.717, 1.165) is 11.3 Å². The molecule has 2 aromatic rings. The molecular formula is C15H14F2N2O. The second-order valence-electron chi connectivity index (χ2n) is 4.16. The van der Waals surface area contributed by atoms with E-state index in [-0.39, 0.29) is 5.75 Å². The molecule has 0 aromatic heterocycles. The van der Waals surface area contributed by atoms with Crippen molar-refractivity contribution in [1.29, 1.82) is 0 Å². The summed E-state index contributed by atoms with van der Waals surface area (Å²) in [7, 11) is 0. The summed E-state index contributed by atoms with van der Waals surface area (Å²) in [6.07, 6.45) is 1.44. The van der Waals surface area contributed by atoms with E-state index in [0.29, 0.717) is 5.56 Å². The molecule has 5 heteroatoms. The number of ether oxygens (including phenoxy) is 1. The van der Waals surface area contributed by atoms with Gasteiger partial charge >= 0.3 is 6.61 Å². The Morgan fingerprint density at radius 3 is 2.70 bits per heavy atom. The molecule has 0 unspecified atom stereocenters. The Labute approximate surface area is 115 Å². The molecule has 0 bridgehead atoms. The van der Waals surface area contributed by atoms with Crippen LogP contribution in [0, 0.1) is 6.92 Å². The summed E-state index contributed by atoms with van der Waals surface area (Å²) in [4.78, 5) is 0. The standard InChI is InChI=1S/C15H14F2N2O/c1-11-5-4-7-13(9-11)19-18-10-12-6-2-3-8-14(12)20-15(16)17/h2-10,15,19H,1H3/b18-10-. The van der Waals surface area contributed by atoms with E-state index < -0.39 is 6.61 Å². The summed E-state index contributed by atoms with van der Waals surface area (Å²) >= 11 is 0. The van der Waals surface area contributed by atoms with Crippen LogP contribution >= 0.6 is 0 Å². The van der Waals surface area contributed by atoms with Crippen molar-refractivity contribution >= 4 is 11.9 Å². The molecule has 1 N–H and O–H groups in total. The van der Waals surface area contributed by atoms with Crippen molar-refractivity contribution in [1.82, 2.24) is 0 Å². The molecule has 0 heterocycles. The quantitative estimate of drug-likeness (QED) is 0.660. The molecule has 0 saturated heterocycles. The smallest absolute Gasteiger partial charge is 0.387 e. The lowest BCUT2D eigenvalue weighted by molar-refractivity contribution is -0.0499. The summed E-state index contributed by atoms with van der Waals surface area (Å²) in [5, 5.41) is 4.02. The lowest BCUT2D eigenvalue weighted by Gasteiger charge is -2.07. The zero-order valence-corrected chi connectivity index (χ0v) is 10.9. The number of nitrogens with one attached hydrogen (secondary N) is 1. The highest BCUT2D eigenvalue weighted by Gasteiger charge is 2.07. The molecule has 2 aromatic carbocycles.